The number of nitrogens with one attached hydrogen (secondary N) is 2. The third kappa shape index (κ3) is 7.25. The maximum atomic E-state index is 12.7. The highest BCUT2D eigenvalue weighted by Gasteiger charge is 2.28. The summed E-state index contributed by atoms with van der Waals surface area (Å²) in [5.41, 5.74) is 1.66. The van der Waals surface area contributed by atoms with Crippen LogP contribution in [0, 0.1) is 0 Å². The molecule has 1 aromatic carbocycles. The van der Waals surface area contributed by atoms with Crippen LogP contribution >= 0.6 is 0 Å². The number of hydrogen-bond donors (Lipinski definition) is 2. The van der Waals surface area contributed by atoms with Crippen LogP contribution in [0.1, 0.15) is 64.2 Å². The summed E-state index contributed by atoms with van der Waals surface area (Å²) in [6.07, 6.45) is 2.80. The first-order valence-electron chi connectivity index (χ1n) is 10.8. The number of unbranched alkanes of at least 4 members (excludes halogenated alkanes) is 2. The molecule has 2 atom stereocenters. The van der Waals surface area contributed by atoms with Crippen molar-refractivity contribution >= 4 is 21.6 Å². The molecule has 1 saturated heterocycles. The van der Waals surface area contributed by atoms with Crippen molar-refractivity contribution in [3.8, 4) is 0 Å². The first-order valence-corrected chi connectivity index (χ1v) is 12.3. The fourth-order valence-electron chi connectivity index (χ4n) is 3.34. The molecule has 1 aromatic rings. The van der Waals surface area contributed by atoms with E-state index in [2.05, 4.69) is 10.0 Å². The van der Waals surface area contributed by atoms with Gasteiger partial charge in [0.15, 0.2) is 0 Å². The van der Waals surface area contributed by atoms with Gasteiger partial charge in [-0.05, 0) is 71.7 Å². The summed E-state index contributed by atoms with van der Waals surface area (Å²) in [4.78, 5) is 14.6. The van der Waals surface area contributed by atoms with E-state index in [4.69, 9.17) is 4.74 Å². The van der Waals surface area contributed by atoms with Gasteiger partial charge in [0, 0.05) is 37.4 Å². The van der Waals surface area contributed by atoms with Gasteiger partial charge in [0.25, 0.3) is 5.91 Å². The van der Waals surface area contributed by atoms with Gasteiger partial charge in [-0.25, -0.2) is 13.1 Å². The van der Waals surface area contributed by atoms with Gasteiger partial charge < -0.3 is 15.0 Å². The summed E-state index contributed by atoms with van der Waals surface area (Å²) >= 11 is 0. The second kappa shape index (κ2) is 10.6. The summed E-state index contributed by atoms with van der Waals surface area (Å²) in [6, 6.07) is 7.57. The number of carbonyl (C=O) groups is 1. The molecule has 8 heteroatoms. The number of amides is 1. The Morgan fingerprint density at radius 1 is 1.03 bits per heavy atom. The van der Waals surface area contributed by atoms with Crippen LogP contribution in [0.15, 0.2) is 24.3 Å². The topological polar surface area (TPSA) is 87.7 Å². The van der Waals surface area contributed by atoms with Crippen LogP contribution < -0.4 is 10.0 Å². The third-order valence-corrected chi connectivity index (χ3v) is 7.32. The number of anilines is 1. The molecule has 1 aliphatic heterocycles. The van der Waals surface area contributed by atoms with Gasteiger partial charge in [-0.2, -0.15) is 0 Å². The van der Waals surface area contributed by atoms with E-state index < -0.39 is 14.8 Å². The normalized spacial score (nSPS) is 20.2. The Morgan fingerprint density at radius 2 is 1.60 bits per heavy atom. The number of sulfonamides is 1. The number of ether oxygens (including phenoxy) is 1. The number of rotatable bonds is 9. The van der Waals surface area contributed by atoms with Gasteiger partial charge in [0.05, 0.1) is 17.0 Å². The summed E-state index contributed by atoms with van der Waals surface area (Å²) < 4.78 is 31.5. The first kappa shape index (κ1) is 24.6. The average molecular weight is 440 g/mol. The molecule has 0 spiro atoms. The Bertz CT molecular complexity index is 778. The predicted octanol–water partition coefficient (Wildman–Crippen LogP) is 3.24. The highest BCUT2D eigenvalue weighted by Crippen LogP contribution is 2.17. The predicted molar refractivity (Wildman–Crippen MR) is 121 cm³/mol. The molecule has 1 heterocycles. The van der Waals surface area contributed by atoms with Gasteiger partial charge in [0.1, 0.15) is 0 Å². The first-order chi connectivity index (χ1) is 14.0. The molecule has 1 amide bonds. The molecule has 0 unspecified atom stereocenters. The lowest BCUT2D eigenvalue weighted by Gasteiger charge is -2.35. The van der Waals surface area contributed by atoms with E-state index in [0.717, 1.165) is 31.5 Å². The van der Waals surface area contributed by atoms with Crippen LogP contribution in [0.2, 0.25) is 0 Å². The van der Waals surface area contributed by atoms with Crippen LogP contribution in [-0.2, 0) is 14.8 Å². The van der Waals surface area contributed by atoms with Crippen molar-refractivity contribution in [3.05, 3.63) is 29.8 Å². The molecule has 0 saturated carbocycles. The average Bonchev–Trinajstić information content (AvgIpc) is 2.65. The molecule has 170 valence electrons. The van der Waals surface area contributed by atoms with Gasteiger partial charge in [-0.3, -0.25) is 4.79 Å². The van der Waals surface area contributed by atoms with Crippen molar-refractivity contribution < 1.29 is 17.9 Å². The molecule has 1 aliphatic rings. The zero-order valence-corrected chi connectivity index (χ0v) is 19.7. The van der Waals surface area contributed by atoms with Crippen molar-refractivity contribution in [3.63, 3.8) is 0 Å². The minimum Gasteiger partial charge on any atom is -0.385 e. The molecule has 0 bridgehead atoms. The minimum absolute atomic E-state index is 0.0428. The van der Waals surface area contributed by atoms with Crippen LogP contribution in [-0.4, -0.2) is 62.4 Å². The Morgan fingerprint density at radius 3 is 2.17 bits per heavy atom. The molecule has 0 radical (unpaired) electrons. The second-order valence-corrected chi connectivity index (χ2v) is 11.6. The Labute approximate surface area is 181 Å². The standard InChI is InChI=1S/C22H37N3O4S/c1-17-15-25(16-18(2)29-17)21(26)19-9-11-20(12-10-19)23-13-7-6-8-14-24-30(27,28)22(3,4)5/h9-12,17-18,23-24H,6-8,13-16H2,1-5H3/t17-,18+. The molecular weight excluding hydrogens is 402 g/mol. The van der Waals surface area contributed by atoms with E-state index in [1.165, 1.54) is 0 Å². The highest BCUT2D eigenvalue weighted by atomic mass is 32.2. The van der Waals surface area contributed by atoms with Crippen LogP contribution in [0.4, 0.5) is 5.69 Å². The Hall–Kier alpha value is -1.64. The van der Waals surface area contributed by atoms with Crippen LogP contribution in [0.25, 0.3) is 0 Å². The maximum absolute atomic E-state index is 12.7. The minimum atomic E-state index is -3.26. The lowest BCUT2D eigenvalue weighted by atomic mass is 10.1. The molecule has 0 aliphatic carbocycles. The van der Waals surface area contributed by atoms with Crippen molar-refractivity contribution in [1.29, 1.82) is 0 Å². The number of hydrogen-bond acceptors (Lipinski definition) is 5. The van der Waals surface area contributed by atoms with Crippen molar-refractivity contribution in [2.24, 2.45) is 0 Å². The van der Waals surface area contributed by atoms with E-state index in [1.54, 1.807) is 20.8 Å². The molecule has 7 nitrogen and oxygen atoms in total. The summed E-state index contributed by atoms with van der Waals surface area (Å²) in [5.74, 6) is 0.0428. The van der Waals surface area contributed by atoms with E-state index in [0.29, 0.717) is 25.2 Å². The van der Waals surface area contributed by atoms with Gasteiger partial charge >= 0.3 is 0 Å². The van der Waals surface area contributed by atoms with E-state index in [-0.39, 0.29) is 18.1 Å². The second-order valence-electron chi connectivity index (χ2n) is 9.04. The van der Waals surface area contributed by atoms with E-state index in [9.17, 15) is 13.2 Å². The zero-order chi connectivity index (χ0) is 22.4. The Balaban J connectivity index is 1.68. The molecule has 1 fully saturated rings. The highest BCUT2D eigenvalue weighted by molar-refractivity contribution is 7.90. The van der Waals surface area contributed by atoms with Gasteiger partial charge in [0.2, 0.25) is 10.0 Å². The largest absolute Gasteiger partial charge is 0.385 e. The van der Waals surface area contributed by atoms with Crippen molar-refractivity contribution in [2.45, 2.75) is 70.8 Å². The number of benzene rings is 1. The van der Waals surface area contributed by atoms with Gasteiger partial charge in [-0.1, -0.05) is 6.42 Å². The molecule has 2 N–H and O–H groups in total. The van der Waals surface area contributed by atoms with Crippen LogP contribution in [0.3, 0.4) is 0 Å². The number of morpholine rings is 1. The molecule has 2 rings (SSSR count). The molecule has 30 heavy (non-hydrogen) atoms. The summed E-state index contributed by atoms with van der Waals surface area (Å²) in [5, 5.41) is 3.35. The van der Waals surface area contributed by atoms with Crippen molar-refractivity contribution in [1.82, 2.24) is 9.62 Å². The summed E-state index contributed by atoms with van der Waals surface area (Å²) in [7, 11) is -3.26. The number of carbonyl (C=O) groups excluding carboxylic acids is 1. The van der Waals surface area contributed by atoms with Gasteiger partial charge in [-0.15, -0.1) is 0 Å². The maximum Gasteiger partial charge on any atom is 0.254 e. The Kier molecular flexibility index (Phi) is 8.70. The fourth-order valence-corrected chi connectivity index (χ4v) is 4.19. The summed E-state index contributed by atoms with van der Waals surface area (Å²) in [6.45, 7) is 11.6. The zero-order valence-electron chi connectivity index (χ0n) is 18.9. The van der Waals surface area contributed by atoms with Crippen LogP contribution in [0.5, 0.6) is 0 Å². The van der Waals surface area contributed by atoms with E-state index in [1.807, 2.05) is 43.0 Å². The third-order valence-electron chi connectivity index (χ3n) is 5.12. The fraction of sp³-hybridized carbons (Fsp3) is 0.682. The SMILES string of the molecule is C[C@@H]1CN(C(=O)c2ccc(NCCCCCNS(=O)(=O)C(C)(C)C)cc2)C[C@H](C)O1. The van der Waals surface area contributed by atoms with Crippen molar-refractivity contribution in [2.75, 3.05) is 31.5 Å². The lowest BCUT2D eigenvalue weighted by Crippen LogP contribution is -2.48. The quantitative estimate of drug-likeness (QED) is 0.577. The smallest absolute Gasteiger partial charge is 0.254 e. The molecule has 0 aromatic heterocycles. The van der Waals surface area contributed by atoms with E-state index >= 15 is 0 Å². The molecular formula is C22H37N3O4S. The lowest BCUT2D eigenvalue weighted by molar-refractivity contribution is -0.0586. The number of nitrogens with zero attached hydrogens (tertiary/aromatic N) is 1. The monoisotopic (exact) mass is 439 g/mol.